The molecule has 0 radical (unpaired) electrons. The van der Waals surface area contributed by atoms with E-state index in [0.717, 1.165) is 0 Å². The summed E-state index contributed by atoms with van der Waals surface area (Å²) in [5.74, 6) is -0.809. The lowest BCUT2D eigenvalue weighted by Crippen LogP contribution is -2.30. The number of halogens is 1. The van der Waals surface area contributed by atoms with Gasteiger partial charge in [-0.15, -0.1) is 0 Å². The SMILES string of the molecule is COc1ccc(Br)c(C(=O)O[C@@H](C)C(=O)Nc2ccc(NC(C)=O)cc2)c1. The van der Waals surface area contributed by atoms with Crippen LogP contribution in [0.4, 0.5) is 11.4 Å². The number of anilines is 2. The molecule has 0 aromatic heterocycles. The number of nitrogens with one attached hydrogen (secondary N) is 2. The number of ether oxygens (including phenoxy) is 2. The van der Waals surface area contributed by atoms with Crippen molar-refractivity contribution in [3.63, 3.8) is 0 Å². The molecule has 0 saturated heterocycles. The van der Waals surface area contributed by atoms with Crippen molar-refractivity contribution in [2.45, 2.75) is 20.0 Å². The van der Waals surface area contributed by atoms with Crippen molar-refractivity contribution in [2.24, 2.45) is 0 Å². The van der Waals surface area contributed by atoms with Gasteiger partial charge in [0.1, 0.15) is 5.75 Å². The second-order valence-corrected chi connectivity index (χ2v) is 6.50. The number of hydrogen-bond acceptors (Lipinski definition) is 5. The number of methoxy groups -OCH3 is 1. The average molecular weight is 435 g/mol. The van der Waals surface area contributed by atoms with Crippen LogP contribution in [-0.2, 0) is 14.3 Å². The maximum Gasteiger partial charge on any atom is 0.340 e. The molecule has 0 aliphatic heterocycles. The molecule has 0 spiro atoms. The third-order valence-corrected chi connectivity index (χ3v) is 4.21. The minimum absolute atomic E-state index is 0.184. The van der Waals surface area contributed by atoms with E-state index in [1.807, 2.05) is 0 Å². The van der Waals surface area contributed by atoms with Crippen LogP contribution in [0.1, 0.15) is 24.2 Å². The Bertz CT molecular complexity index is 852. The molecule has 0 fully saturated rings. The first-order chi connectivity index (χ1) is 12.8. The van der Waals surface area contributed by atoms with Crippen LogP contribution in [0.2, 0.25) is 0 Å². The van der Waals surface area contributed by atoms with E-state index in [-0.39, 0.29) is 11.5 Å². The zero-order valence-electron chi connectivity index (χ0n) is 15.0. The van der Waals surface area contributed by atoms with Crippen LogP contribution >= 0.6 is 15.9 Å². The molecule has 0 aliphatic carbocycles. The van der Waals surface area contributed by atoms with Crippen molar-refractivity contribution in [2.75, 3.05) is 17.7 Å². The quantitative estimate of drug-likeness (QED) is 0.677. The van der Waals surface area contributed by atoms with Gasteiger partial charge in [0.05, 0.1) is 12.7 Å². The van der Waals surface area contributed by atoms with Crippen molar-refractivity contribution in [1.82, 2.24) is 0 Å². The Kier molecular flexibility index (Phi) is 6.95. The summed E-state index contributed by atoms with van der Waals surface area (Å²) in [5, 5.41) is 5.28. The summed E-state index contributed by atoms with van der Waals surface area (Å²) in [6.45, 7) is 2.89. The highest BCUT2D eigenvalue weighted by molar-refractivity contribution is 9.10. The summed E-state index contributed by atoms with van der Waals surface area (Å²) in [6.07, 6.45) is -1.01. The van der Waals surface area contributed by atoms with Gasteiger partial charge in [0.15, 0.2) is 6.10 Å². The molecular weight excluding hydrogens is 416 g/mol. The van der Waals surface area contributed by atoms with Gasteiger partial charge in [-0.25, -0.2) is 4.79 Å². The highest BCUT2D eigenvalue weighted by Gasteiger charge is 2.21. The summed E-state index contributed by atoms with van der Waals surface area (Å²) in [4.78, 5) is 35.6. The minimum atomic E-state index is -1.01. The summed E-state index contributed by atoms with van der Waals surface area (Å²) >= 11 is 3.28. The first-order valence-electron chi connectivity index (χ1n) is 8.03. The van der Waals surface area contributed by atoms with Crippen LogP contribution in [-0.4, -0.2) is 31.0 Å². The zero-order valence-corrected chi connectivity index (χ0v) is 16.6. The van der Waals surface area contributed by atoms with Crippen molar-refractivity contribution < 1.29 is 23.9 Å². The molecule has 142 valence electrons. The van der Waals surface area contributed by atoms with E-state index in [1.54, 1.807) is 36.4 Å². The van der Waals surface area contributed by atoms with Gasteiger partial charge in [-0.3, -0.25) is 9.59 Å². The maximum absolute atomic E-state index is 12.3. The number of rotatable bonds is 6. The van der Waals surface area contributed by atoms with E-state index in [4.69, 9.17) is 9.47 Å². The van der Waals surface area contributed by atoms with E-state index < -0.39 is 18.0 Å². The fraction of sp³-hybridized carbons (Fsp3) is 0.211. The molecule has 0 aliphatic rings. The fourth-order valence-electron chi connectivity index (χ4n) is 2.15. The Morgan fingerprint density at radius 2 is 1.59 bits per heavy atom. The molecule has 1 atom stereocenters. The van der Waals surface area contributed by atoms with Gasteiger partial charge in [-0.2, -0.15) is 0 Å². The van der Waals surface area contributed by atoms with Gasteiger partial charge in [0.2, 0.25) is 5.91 Å². The molecule has 2 aromatic carbocycles. The molecule has 2 rings (SSSR count). The zero-order chi connectivity index (χ0) is 20.0. The molecule has 0 heterocycles. The molecule has 0 unspecified atom stereocenters. The van der Waals surface area contributed by atoms with Crippen LogP contribution in [0.15, 0.2) is 46.9 Å². The Morgan fingerprint density at radius 1 is 1.00 bits per heavy atom. The molecular formula is C19H19BrN2O5. The normalized spacial score (nSPS) is 11.3. The average Bonchev–Trinajstić information content (AvgIpc) is 2.63. The first kappa shape index (κ1) is 20.4. The van der Waals surface area contributed by atoms with Crippen LogP contribution in [0, 0.1) is 0 Å². The molecule has 2 aromatic rings. The van der Waals surface area contributed by atoms with Crippen LogP contribution in [0.3, 0.4) is 0 Å². The third-order valence-electron chi connectivity index (χ3n) is 3.52. The highest BCUT2D eigenvalue weighted by atomic mass is 79.9. The smallest absolute Gasteiger partial charge is 0.340 e. The van der Waals surface area contributed by atoms with Crippen molar-refractivity contribution >= 4 is 45.1 Å². The molecule has 7 nitrogen and oxygen atoms in total. The number of amides is 2. The van der Waals surface area contributed by atoms with Crippen molar-refractivity contribution in [1.29, 1.82) is 0 Å². The van der Waals surface area contributed by atoms with Crippen LogP contribution in [0.5, 0.6) is 5.75 Å². The van der Waals surface area contributed by atoms with Gasteiger partial charge in [-0.05, 0) is 65.3 Å². The molecule has 27 heavy (non-hydrogen) atoms. The first-order valence-corrected chi connectivity index (χ1v) is 8.82. The molecule has 0 bridgehead atoms. The number of carbonyl (C=O) groups excluding carboxylic acids is 3. The summed E-state index contributed by atoms with van der Waals surface area (Å²) in [6, 6.07) is 11.5. The predicted octanol–water partition coefficient (Wildman–Crippen LogP) is 3.60. The van der Waals surface area contributed by atoms with E-state index in [1.165, 1.54) is 27.0 Å². The largest absolute Gasteiger partial charge is 0.497 e. The Hall–Kier alpha value is -2.87. The maximum atomic E-state index is 12.3. The van der Waals surface area contributed by atoms with Gasteiger partial charge in [0, 0.05) is 22.8 Å². The lowest BCUT2D eigenvalue weighted by Gasteiger charge is -2.15. The van der Waals surface area contributed by atoms with E-state index >= 15 is 0 Å². The summed E-state index contributed by atoms with van der Waals surface area (Å²) in [7, 11) is 1.49. The Labute approximate surface area is 165 Å². The summed E-state index contributed by atoms with van der Waals surface area (Å²) in [5.41, 5.74) is 1.39. The third kappa shape index (κ3) is 5.82. The van der Waals surface area contributed by atoms with Crippen LogP contribution in [0.25, 0.3) is 0 Å². The standard InChI is InChI=1S/C19H19BrN2O5/c1-11(27-19(25)16-10-15(26-3)8-9-17(16)20)18(24)22-14-6-4-13(5-7-14)21-12(2)23/h4-11H,1-3H3,(H,21,23)(H,22,24)/t11-/m0/s1. The van der Waals surface area contributed by atoms with E-state index in [9.17, 15) is 14.4 Å². The van der Waals surface area contributed by atoms with Crippen LogP contribution < -0.4 is 15.4 Å². The van der Waals surface area contributed by atoms with Crippen molar-refractivity contribution in [3.8, 4) is 5.75 Å². The van der Waals surface area contributed by atoms with Gasteiger partial charge in [-0.1, -0.05) is 0 Å². The number of hydrogen-bond donors (Lipinski definition) is 2. The number of benzene rings is 2. The topological polar surface area (TPSA) is 93.7 Å². The Balaban J connectivity index is 1.99. The highest BCUT2D eigenvalue weighted by Crippen LogP contribution is 2.23. The lowest BCUT2D eigenvalue weighted by atomic mass is 10.2. The minimum Gasteiger partial charge on any atom is -0.497 e. The van der Waals surface area contributed by atoms with Crippen molar-refractivity contribution in [3.05, 3.63) is 52.5 Å². The second kappa shape index (κ2) is 9.18. The summed E-state index contributed by atoms with van der Waals surface area (Å²) < 4.78 is 10.9. The predicted molar refractivity (Wildman–Crippen MR) is 105 cm³/mol. The van der Waals surface area contributed by atoms with E-state index in [2.05, 4.69) is 26.6 Å². The molecule has 0 saturated carbocycles. The Morgan fingerprint density at radius 3 is 2.15 bits per heavy atom. The lowest BCUT2D eigenvalue weighted by molar-refractivity contribution is -0.123. The number of carbonyl (C=O) groups is 3. The second-order valence-electron chi connectivity index (χ2n) is 5.64. The monoisotopic (exact) mass is 434 g/mol. The molecule has 8 heteroatoms. The molecule has 2 N–H and O–H groups in total. The fourth-order valence-corrected chi connectivity index (χ4v) is 2.56. The number of esters is 1. The van der Waals surface area contributed by atoms with E-state index in [0.29, 0.717) is 21.6 Å². The van der Waals surface area contributed by atoms with Gasteiger partial charge in [0.25, 0.3) is 5.91 Å². The molecule has 2 amide bonds. The van der Waals surface area contributed by atoms with Gasteiger partial charge < -0.3 is 20.1 Å². The van der Waals surface area contributed by atoms with Gasteiger partial charge >= 0.3 is 5.97 Å².